The third kappa shape index (κ3) is 4.77. The first-order valence-corrected chi connectivity index (χ1v) is 10.4. The normalized spacial score (nSPS) is 10.9. The maximum absolute atomic E-state index is 13.2. The highest BCUT2D eigenvalue weighted by Gasteiger charge is 2.12. The number of aromatic nitrogens is 3. The van der Waals surface area contributed by atoms with Gasteiger partial charge in [0.25, 0.3) is 0 Å². The fourth-order valence-electron chi connectivity index (χ4n) is 2.88. The van der Waals surface area contributed by atoms with Crippen LogP contribution in [0.2, 0.25) is 0 Å². The molecule has 0 radical (unpaired) electrons. The number of amides is 1. The molecule has 1 amide bonds. The highest BCUT2D eigenvalue weighted by molar-refractivity contribution is 7.99. The van der Waals surface area contributed by atoms with Crippen molar-refractivity contribution in [3.8, 4) is 17.1 Å². The molecule has 1 N–H and O–H groups in total. The minimum atomic E-state index is -0.326. The largest absolute Gasteiger partial charge is 0.444 e. The summed E-state index contributed by atoms with van der Waals surface area (Å²) in [7, 11) is 0. The Kier molecular flexibility index (Phi) is 5.94. The number of carbonyl (C=O) groups excluding carboxylic acids is 1. The van der Waals surface area contributed by atoms with Gasteiger partial charge in [-0.25, -0.2) is 14.1 Å². The summed E-state index contributed by atoms with van der Waals surface area (Å²) < 4.78 is 20.3. The number of hydrogen-bond acceptors (Lipinski definition) is 5. The molecule has 2 aromatic heterocycles. The number of nitrogens with zero attached hydrogens (tertiary/aromatic N) is 3. The predicted molar refractivity (Wildman–Crippen MR) is 115 cm³/mol. The van der Waals surface area contributed by atoms with E-state index < -0.39 is 0 Å². The van der Waals surface area contributed by atoms with Gasteiger partial charge in [-0.1, -0.05) is 18.2 Å². The standard InChI is InChI=1S/C22H19FN4O2S/c1-15-11-20(27(26-15)19-9-7-17(23)8-10-19)25-21(28)14-30-13-18-12-29-22(24-18)16-5-3-2-4-6-16/h2-12H,13-14H2,1H3,(H,25,28). The van der Waals surface area contributed by atoms with Crippen LogP contribution < -0.4 is 5.32 Å². The van der Waals surface area contributed by atoms with Gasteiger partial charge in [0.1, 0.15) is 17.9 Å². The molecule has 2 heterocycles. The Balaban J connectivity index is 1.34. The van der Waals surface area contributed by atoms with Gasteiger partial charge in [-0.2, -0.15) is 5.10 Å². The van der Waals surface area contributed by atoms with Crippen LogP contribution in [0.25, 0.3) is 17.1 Å². The summed E-state index contributed by atoms with van der Waals surface area (Å²) in [5.41, 5.74) is 3.11. The molecule has 0 saturated carbocycles. The van der Waals surface area contributed by atoms with Crippen LogP contribution in [0, 0.1) is 12.7 Å². The molecule has 0 atom stereocenters. The quantitative estimate of drug-likeness (QED) is 0.461. The molecular formula is C22H19FN4O2S. The number of nitrogens with one attached hydrogen (secondary N) is 1. The lowest BCUT2D eigenvalue weighted by molar-refractivity contribution is -0.113. The Morgan fingerprint density at radius 1 is 1.17 bits per heavy atom. The van der Waals surface area contributed by atoms with Gasteiger partial charge < -0.3 is 9.73 Å². The number of hydrogen-bond donors (Lipinski definition) is 1. The van der Waals surface area contributed by atoms with Crippen molar-refractivity contribution in [3.05, 3.63) is 84.1 Å². The van der Waals surface area contributed by atoms with Gasteiger partial charge in [-0.3, -0.25) is 4.79 Å². The second kappa shape index (κ2) is 8.96. The summed E-state index contributed by atoms with van der Waals surface area (Å²) in [6.07, 6.45) is 1.61. The lowest BCUT2D eigenvalue weighted by atomic mass is 10.2. The minimum Gasteiger partial charge on any atom is -0.444 e. The van der Waals surface area contributed by atoms with Crippen LogP contribution in [0.3, 0.4) is 0 Å². The first-order valence-electron chi connectivity index (χ1n) is 9.28. The molecule has 6 nitrogen and oxygen atoms in total. The number of aryl methyl sites for hydroxylation is 1. The van der Waals surface area contributed by atoms with Gasteiger partial charge in [0.15, 0.2) is 0 Å². The van der Waals surface area contributed by atoms with E-state index >= 15 is 0 Å². The highest BCUT2D eigenvalue weighted by atomic mass is 32.2. The van der Waals surface area contributed by atoms with E-state index in [-0.39, 0.29) is 17.5 Å². The first-order chi connectivity index (χ1) is 14.6. The van der Waals surface area contributed by atoms with E-state index in [4.69, 9.17) is 4.42 Å². The molecule has 2 aromatic carbocycles. The fraction of sp³-hybridized carbons (Fsp3) is 0.136. The summed E-state index contributed by atoms with van der Waals surface area (Å²) in [4.78, 5) is 16.9. The van der Waals surface area contributed by atoms with Crippen molar-refractivity contribution >= 4 is 23.5 Å². The minimum absolute atomic E-state index is 0.157. The Morgan fingerprint density at radius 3 is 2.70 bits per heavy atom. The van der Waals surface area contributed by atoms with E-state index in [1.807, 2.05) is 37.3 Å². The zero-order valence-electron chi connectivity index (χ0n) is 16.2. The molecular weight excluding hydrogens is 403 g/mol. The molecule has 8 heteroatoms. The Labute approximate surface area is 177 Å². The second-order valence-corrected chi connectivity index (χ2v) is 7.60. The molecule has 0 spiro atoms. The molecule has 152 valence electrons. The van der Waals surface area contributed by atoms with Gasteiger partial charge in [-0.05, 0) is 43.3 Å². The lowest BCUT2D eigenvalue weighted by Crippen LogP contribution is -2.17. The maximum atomic E-state index is 13.2. The summed E-state index contributed by atoms with van der Waals surface area (Å²) in [5.74, 6) is 1.43. The fourth-order valence-corrected chi connectivity index (χ4v) is 3.58. The topological polar surface area (TPSA) is 73.0 Å². The molecule has 0 saturated heterocycles. The van der Waals surface area contributed by atoms with Crippen LogP contribution in [0.4, 0.5) is 10.2 Å². The smallest absolute Gasteiger partial charge is 0.235 e. The van der Waals surface area contributed by atoms with Crippen LogP contribution in [0.15, 0.2) is 71.3 Å². The van der Waals surface area contributed by atoms with Crippen molar-refractivity contribution in [1.82, 2.24) is 14.8 Å². The molecule has 4 aromatic rings. The molecule has 4 rings (SSSR count). The van der Waals surface area contributed by atoms with Crippen molar-refractivity contribution in [2.75, 3.05) is 11.1 Å². The number of rotatable bonds is 7. The lowest BCUT2D eigenvalue weighted by Gasteiger charge is -2.08. The number of thioether (sulfide) groups is 1. The second-order valence-electron chi connectivity index (χ2n) is 6.61. The van der Waals surface area contributed by atoms with Gasteiger partial charge in [-0.15, -0.1) is 11.8 Å². The van der Waals surface area contributed by atoms with Crippen LogP contribution in [-0.4, -0.2) is 26.4 Å². The molecule has 0 aliphatic carbocycles. The molecule has 0 aliphatic heterocycles. The van der Waals surface area contributed by atoms with Crippen LogP contribution in [0.1, 0.15) is 11.4 Å². The van der Waals surface area contributed by atoms with Crippen molar-refractivity contribution in [1.29, 1.82) is 0 Å². The summed E-state index contributed by atoms with van der Waals surface area (Å²) >= 11 is 1.44. The summed E-state index contributed by atoms with van der Waals surface area (Å²) in [5, 5.41) is 7.24. The van der Waals surface area contributed by atoms with Crippen molar-refractivity contribution in [2.45, 2.75) is 12.7 Å². The number of halogens is 1. The van der Waals surface area contributed by atoms with Gasteiger partial charge >= 0.3 is 0 Å². The third-order valence-corrected chi connectivity index (χ3v) is 5.19. The molecule has 0 aliphatic rings. The molecule has 0 bridgehead atoms. The number of anilines is 1. The number of oxazole rings is 1. The van der Waals surface area contributed by atoms with E-state index in [1.165, 1.54) is 23.9 Å². The zero-order valence-corrected chi connectivity index (χ0v) is 17.0. The van der Waals surface area contributed by atoms with Gasteiger partial charge in [0.05, 0.1) is 22.8 Å². The monoisotopic (exact) mass is 422 g/mol. The van der Waals surface area contributed by atoms with Gasteiger partial charge in [0, 0.05) is 17.4 Å². The average molecular weight is 422 g/mol. The number of benzene rings is 2. The van der Waals surface area contributed by atoms with Crippen LogP contribution in [0.5, 0.6) is 0 Å². The SMILES string of the molecule is Cc1cc(NC(=O)CSCc2coc(-c3ccccc3)n2)n(-c2ccc(F)cc2)n1. The average Bonchev–Trinajstić information content (AvgIpc) is 3.36. The molecule has 0 fully saturated rings. The van der Waals surface area contributed by atoms with E-state index in [9.17, 15) is 9.18 Å². The summed E-state index contributed by atoms with van der Waals surface area (Å²) in [6, 6.07) is 17.4. The third-order valence-electron chi connectivity index (χ3n) is 4.23. The van der Waals surface area contributed by atoms with Gasteiger partial charge in [0.2, 0.25) is 11.8 Å². The Hall–Kier alpha value is -3.39. The van der Waals surface area contributed by atoms with Crippen molar-refractivity contribution < 1.29 is 13.6 Å². The molecule has 30 heavy (non-hydrogen) atoms. The maximum Gasteiger partial charge on any atom is 0.235 e. The van der Waals surface area contributed by atoms with E-state index in [2.05, 4.69) is 15.4 Å². The Bertz CT molecular complexity index is 1140. The van der Waals surface area contributed by atoms with E-state index in [0.29, 0.717) is 23.1 Å². The highest BCUT2D eigenvalue weighted by Crippen LogP contribution is 2.21. The van der Waals surface area contributed by atoms with E-state index in [0.717, 1.165) is 17.0 Å². The Morgan fingerprint density at radius 2 is 1.93 bits per heavy atom. The molecule has 0 unspecified atom stereocenters. The number of carbonyl (C=O) groups is 1. The zero-order chi connectivity index (χ0) is 20.9. The van der Waals surface area contributed by atoms with Crippen molar-refractivity contribution in [2.24, 2.45) is 0 Å². The first kappa shape index (κ1) is 19.9. The summed E-state index contributed by atoms with van der Waals surface area (Å²) in [6.45, 7) is 1.83. The van der Waals surface area contributed by atoms with E-state index in [1.54, 1.807) is 29.1 Å². The van der Waals surface area contributed by atoms with Crippen LogP contribution >= 0.6 is 11.8 Å². The van der Waals surface area contributed by atoms with Crippen molar-refractivity contribution in [3.63, 3.8) is 0 Å². The predicted octanol–water partition coefficient (Wildman–Crippen LogP) is 4.85. The van der Waals surface area contributed by atoms with Crippen LogP contribution in [-0.2, 0) is 10.5 Å².